The maximum absolute atomic E-state index is 11.8. The molecule has 8 heteroatoms. The smallest absolute Gasteiger partial charge is 0.351 e. The van der Waals surface area contributed by atoms with E-state index in [9.17, 15) is 9.59 Å². The Morgan fingerprint density at radius 3 is 2.91 bits per heavy atom. The van der Waals surface area contributed by atoms with E-state index in [0.29, 0.717) is 12.8 Å². The number of esters is 1. The van der Waals surface area contributed by atoms with Crippen molar-refractivity contribution in [1.82, 2.24) is 9.55 Å². The molecule has 2 heterocycles. The van der Waals surface area contributed by atoms with Crippen molar-refractivity contribution in [1.29, 1.82) is 0 Å². The van der Waals surface area contributed by atoms with Crippen LogP contribution in [-0.2, 0) is 14.3 Å². The number of anilines is 1. The first-order chi connectivity index (χ1) is 10.0. The Labute approximate surface area is 129 Å². The summed E-state index contributed by atoms with van der Waals surface area (Å²) in [5.41, 5.74) is 1.30. The number of rotatable bonds is 5. The van der Waals surface area contributed by atoms with E-state index >= 15 is 0 Å². The third kappa shape index (κ3) is 4.28. The predicted octanol–water partition coefficient (Wildman–Crippen LogP) is 1.56. The van der Waals surface area contributed by atoms with Crippen LogP contribution >= 0.6 is 0 Å². The molecule has 2 unspecified atom stereocenters. The molecule has 124 valence electrons. The van der Waals surface area contributed by atoms with E-state index in [1.54, 1.807) is 13.8 Å². The number of ether oxygens (including phenoxy) is 2. The highest BCUT2D eigenvalue weighted by atomic mass is 16.6. The lowest BCUT2D eigenvalue weighted by molar-refractivity contribution is -0.152. The summed E-state index contributed by atoms with van der Waals surface area (Å²) in [5, 5.41) is 8.69. The molecule has 2 N–H and O–H groups in total. The van der Waals surface area contributed by atoms with Crippen LogP contribution in [0.15, 0.2) is 17.1 Å². The molecule has 0 aromatic carbocycles. The number of hydrogen-bond acceptors (Lipinski definition) is 7. The van der Waals surface area contributed by atoms with Gasteiger partial charge in [0, 0.05) is 6.20 Å². The van der Waals surface area contributed by atoms with E-state index < -0.39 is 11.9 Å². The molecule has 0 spiro atoms. The van der Waals surface area contributed by atoms with Crippen LogP contribution in [0.1, 0.15) is 40.3 Å². The fraction of sp³-hybridized carbons (Fsp3) is 0.643. The number of nitrogens with one attached hydrogen (secondary N) is 1. The van der Waals surface area contributed by atoms with Crippen LogP contribution in [0.25, 0.3) is 0 Å². The molecular weight excluding hydrogens is 290 g/mol. The SMILES string of the molecule is C.CC(C)C(=O)OCC1CCC(n2ccc(NO)nc2=O)O1. The molecule has 8 nitrogen and oxygen atoms in total. The quantitative estimate of drug-likeness (QED) is 0.628. The number of hydrogen-bond donors (Lipinski definition) is 2. The Morgan fingerprint density at radius 2 is 2.32 bits per heavy atom. The molecule has 1 aromatic rings. The molecule has 0 bridgehead atoms. The summed E-state index contributed by atoms with van der Waals surface area (Å²) in [7, 11) is 0. The number of nitrogens with zero attached hydrogens (tertiary/aromatic N) is 2. The maximum atomic E-state index is 11.8. The van der Waals surface area contributed by atoms with Gasteiger partial charge in [-0.3, -0.25) is 20.0 Å². The average Bonchev–Trinajstić information content (AvgIpc) is 2.92. The van der Waals surface area contributed by atoms with Crippen LogP contribution < -0.4 is 11.2 Å². The van der Waals surface area contributed by atoms with E-state index in [1.165, 1.54) is 16.8 Å². The predicted molar refractivity (Wildman–Crippen MR) is 79.6 cm³/mol. The van der Waals surface area contributed by atoms with E-state index in [4.69, 9.17) is 14.7 Å². The normalized spacial score (nSPS) is 20.5. The monoisotopic (exact) mass is 313 g/mol. The second-order valence-electron chi connectivity index (χ2n) is 5.19. The molecule has 0 amide bonds. The van der Waals surface area contributed by atoms with Crippen molar-refractivity contribution in [2.45, 2.75) is 46.4 Å². The lowest BCUT2D eigenvalue weighted by Crippen LogP contribution is -2.28. The van der Waals surface area contributed by atoms with Crippen molar-refractivity contribution in [3.05, 3.63) is 22.7 Å². The first-order valence-corrected chi connectivity index (χ1v) is 6.82. The first kappa shape index (κ1) is 18.1. The fourth-order valence-corrected chi connectivity index (χ4v) is 2.05. The highest BCUT2D eigenvalue weighted by Crippen LogP contribution is 2.27. The summed E-state index contributed by atoms with van der Waals surface area (Å²) in [6.07, 6.45) is 2.18. The van der Waals surface area contributed by atoms with Crippen molar-refractivity contribution in [2.75, 3.05) is 12.1 Å². The Balaban J connectivity index is 0.00000242. The molecular formula is C14H23N3O5. The topological polar surface area (TPSA) is 103 Å². The Hall–Kier alpha value is -1.93. The van der Waals surface area contributed by atoms with Gasteiger partial charge in [0.2, 0.25) is 0 Å². The van der Waals surface area contributed by atoms with Gasteiger partial charge in [0.25, 0.3) is 0 Å². The Bertz CT molecular complexity index is 558. The second kappa shape index (κ2) is 7.90. The van der Waals surface area contributed by atoms with E-state index in [0.717, 1.165) is 0 Å². The van der Waals surface area contributed by atoms with Gasteiger partial charge in [-0.1, -0.05) is 21.3 Å². The van der Waals surface area contributed by atoms with Crippen molar-refractivity contribution in [2.24, 2.45) is 5.92 Å². The standard InChI is InChI=1S/C13H19N3O5.CH4/c1-8(2)12(17)20-7-9-3-4-11(21-9)16-6-5-10(15-19)14-13(16)18;/h5-6,8-9,11,19H,3-4,7H2,1-2H3,(H,14,15,18);1H4. The molecule has 1 saturated heterocycles. The van der Waals surface area contributed by atoms with E-state index in [2.05, 4.69) is 4.98 Å². The summed E-state index contributed by atoms with van der Waals surface area (Å²) < 4.78 is 12.2. The van der Waals surface area contributed by atoms with Crippen molar-refractivity contribution in [3.63, 3.8) is 0 Å². The van der Waals surface area contributed by atoms with Crippen LogP contribution in [0.4, 0.5) is 5.82 Å². The van der Waals surface area contributed by atoms with Crippen molar-refractivity contribution in [3.8, 4) is 0 Å². The summed E-state index contributed by atoms with van der Waals surface area (Å²) in [5.74, 6) is -0.358. The van der Waals surface area contributed by atoms with Crippen LogP contribution in [0.3, 0.4) is 0 Å². The minimum atomic E-state index is -0.515. The minimum Gasteiger partial charge on any atom is -0.463 e. The fourth-order valence-electron chi connectivity index (χ4n) is 2.05. The number of carbonyl (C=O) groups is 1. The maximum Gasteiger partial charge on any atom is 0.351 e. The van der Waals surface area contributed by atoms with Gasteiger partial charge in [0.1, 0.15) is 12.8 Å². The van der Waals surface area contributed by atoms with Gasteiger partial charge in [0.15, 0.2) is 5.82 Å². The lowest BCUT2D eigenvalue weighted by atomic mass is 10.2. The van der Waals surface area contributed by atoms with E-state index in [-0.39, 0.29) is 37.8 Å². The van der Waals surface area contributed by atoms with Crippen molar-refractivity contribution >= 4 is 11.8 Å². The molecule has 2 rings (SSSR count). The highest BCUT2D eigenvalue weighted by molar-refractivity contribution is 5.71. The zero-order valence-electron chi connectivity index (χ0n) is 12.0. The van der Waals surface area contributed by atoms with E-state index in [1.807, 2.05) is 5.48 Å². The van der Waals surface area contributed by atoms with Crippen LogP contribution in [0.5, 0.6) is 0 Å². The second-order valence-corrected chi connectivity index (χ2v) is 5.19. The minimum absolute atomic E-state index is 0. The van der Waals surface area contributed by atoms with Gasteiger partial charge in [-0.15, -0.1) is 0 Å². The van der Waals surface area contributed by atoms with Crippen molar-refractivity contribution < 1.29 is 19.5 Å². The first-order valence-electron chi connectivity index (χ1n) is 6.82. The molecule has 1 aliphatic heterocycles. The molecule has 22 heavy (non-hydrogen) atoms. The summed E-state index contributed by atoms with van der Waals surface area (Å²) in [4.78, 5) is 26.8. The van der Waals surface area contributed by atoms with Gasteiger partial charge in [-0.05, 0) is 18.9 Å². The largest absolute Gasteiger partial charge is 0.463 e. The van der Waals surface area contributed by atoms with Crippen LogP contribution in [0.2, 0.25) is 0 Å². The molecule has 0 saturated carbocycles. The average molecular weight is 313 g/mol. The number of carbonyl (C=O) groups excluding carboxylic acids is 1. The summed E-state index contributed by atoms with van der Waals surface area (Å²) >= 11 is 0. The van der Waals surface area contributed by atoms with Crippen LogP contribution in [0, 0.1) is 5.92 Å². The summed E-state index contributed by atoms with van der Waals surface area (Å²) in [6.45, 7) is 3.72. The highest BCUT2D eigenvalue weighted by Gasteiger charge is 2.28. The van der Waals surface area contributed by atoms with Gasteiger partial charge >= 0.3 is 11.7 Å². The molecule has 1 fully saturated rings. The van der Waals surface area contributed by atoms with Crippen LogP contribution in [-0.4, -0.2) is 33.4 Å². The summed E-state index contributed by atoms with van der Waals surface area (Å²) in [6, 6.07) is 1.47. The zero-order chi connectivity index (χ0) is 15.4. The van der Waals surface area contributed by atoms with Gasteiger partial charge in [-0.2, -0.15) is 4.98 Å². The molecule has 1 aliphatic rings. The third-order valence-corrected chi connectivity index (χ3v) is 3.22. The van der Waals surface area contributed by atoms with Gasteiger partial charge in [0.05, 0.1) is 12.0 Å². The number of aromatic nitrogens is 2. The zero-order valence-corrected chi connectivity index (χ0v) is 12.0. The van der Waals surface area contributed by atoms with Gasteiger partial charge < -0.3 is 9.47 Å². The third-order valence-electron chi connectivity index (χ3n) is 3.22. The Kier molecular flexibility index (Phi) is 6.51. The Morgan fingerprint density at radius 1 is 1.59 bits per heavy atom. The molecule has 0 aliphatic carbocycles. The molecule has 1 aromatic heterocycles. The van der Waals surface area contributed by atoms with Gasteiger partial charge in [-0.25, -0.2) is 4.79 Å². The molecule has 2 atom stereocenters. The molecule has 0 radical (unpaired) electrons. The lowest BCUT2D eigenvalue weighted by Gasteiger charge is -2.16.